The standard InChI is InChI=1S/C27H32ClFN4O4S2/c1-18(2)15-22(31-26(34)24-16-19-5-3-4-6-23(19)38-24)27(35)33-13-11-32(12-14-33)10-9-30-39(36,37)25-8-7-20(29)17-21(25)28/h3-8,16-18,22,30H,9-15H2,1-2H3,(H,31,34)/t22-/m0/s1. The summed E-state index contributed by atoms with van der Waals surface area (Å²) in [5.74, 6) is -0.751. The van der Waals surface area contributed by atoms with Gasteiger partial charge in [-0.1, -0.05) is 43.6 Å². The minimum absolute atomic E-state index is 0.107. The van der Waals surface area contributed by atoms with Crippen LogP contribution in [0.3, 0.4) is 0 Å². The van der Waals surface area contributed by atoms with Crippen molar-refractivity contribution in [1.82, 2.24) is 19.8 Å². The largest absolute Gasteiger partial charge is 0.340 e. The van der Waals surface area contributed by atoms with Crippen LogP contribution in [0.15, 0.2) is 53.4 Å². The molecule has 0 spiro atoms. The van der Waals surface area contributed by atoms with Crippen molar-refractivity contribution >= 4 is 54.9 Å². The van der Waals surface area contributed by atoms with Crippen LogP contribution in [-0.2, 0) is 14.8 Å². The Morgan fingerprint density at radius 1 is 1.08 bits per heavy atom. The molecule has 1 saturated heterocycles. The van der Waals surface area contributed by atoms with Crippen molar-refractivity contribution in [3.63, 3.8) is 0 Å². The van der Waals surface area contributed by atoms with Gasteiger partial charge in [-0.05, 0) is 48.1 Å². The Morgan fingerprint density at radius 3 is 2.46 bits per heavy atom. The maximum atomic E-state index is 13.4. The van der Waals surface area contributed by atoms with Gasteiger partial charge in [-0.15, -0.1) is 11.3 Å². The first-order valence-corrected chi connectivity index (χ1v) is 15.5. The molecule has 8 nitrogen and oxygen atoms in total. The fourth-order valence-electron chi connectivity index (χ4n) is 4.54. The molecule has 2 N–H and O–H groups in total. The molecule has 0 radical (unpaired) electrons. The van der Waals surface area contributed by atoms with Crippen LogP contribution in [0, 0.1) is 11.7 Å². The van der Waals surface area contributed by atoms with Crippen LogP contribution in [0.1, 0.15) is 29.9 Å². The molecule has 1 aliphatic heterocycles. The summed E-state index contributed by atoms with van der Waals surface area (Å²) in [4.78, 5) is 30.7. The molecule has 4 rings (SSSR count). The molecule has 3 aromatic rings. The number of hydrogen-bond acceptors (Lipinski definition) is 6. The van der Waals surface area contributed by atoms with Crippen LogP contribution in [0.25, 0.3) is 10.1 Å². The van der Waals surface area contributed by atoms with E-state index in [4.69, 9.17) is 11.6 Å². The molecule has 1 aromatic heterocycles. The number of carbonyl (C=O) groups excluding carboxylic acids is 2. The van der Waals surface area contributed by atoms with E-state index in [2.05, 4.69) is 14.9 Å². The van der Waals surface area contributed by atoms with E-state index in [0.29, 0.717) is 44.0 Å². The quantitative estimate of drug-likeness (QED) is 0.370. The zero-order chi connectivity index (χ0) is 28.2. The topological polar surface area (TPSA) is 98.8 Å². The monoisotopic (exact) mass is 594 g/mol. The molecule has 12 heteroatoms. The van der Waals surface area contributed by atoms with Gasteiger partial charge in [-0.3, -0.25) is 14.5 Å². The zero-order valence-electron chi connectivity index (χ0n) is 21.8. The molecular weight excluding hydrogens is 563 g/mol. The normalized spacial score (nSPS) is 15.6. The molecule has 1 atom stereocenters. The fraction of sp³-hybridized carbons (Fsp3) is 0.407. The molecule has 39 heavy (non-hydrogen) atoms. The Bertz CT molecular complexity index is 1410. The lowest BCUT2D eigenvalue weighted by Gasteiger charge is -2.36. The average molecular weight is 595 g/mol. The molecule has 1 fully saturated rings. The number of benzene rings is 2. The van der Waals surface area contributed by atoms with E-state index in [1.165, 1.54) is 11.3 Å². The van der Waals surface area contributed by atoms with E-state index < -0.39 is 21.9 Å². The molecule has 2 heterocycles. The third kappa shape index (κ3) is 7.55. The van der Waals surface area contributed by atoms with Crippen LogP contribution in [0.4, 0.5) is 4.39 Å². The number of piperazine rings is 1. The van der Waals surface area contributed by atoms with Crippen molar-refractivity contribution in [2.45, 2.75) is 31.2 Å². The summed E-state index contributed by atoms with van der Waals surface area (Å²) in [6, 6.07) is 12.2. The van der Waals surface area contributed by atoms with Gasteiger partial charge in [0.25, 0.3) is 5.91 Å². The number of rotatable bonds is 10. The summed E-state index contributed by atoms with van der Waals surface area (Å²) in [5, 5.41) is 3.79. The molecular formula is C27H32ClFN4O4S2. The van der Waals surface area contributed by atoms with E-state index in [-0.39, 0.29) is 34.2 Å². The van der Waals surface area contributed by atoms with E-state index >= 15 is 0 Å². The number of nitrogens with one attached hydrogen (secondary N) is 2. The highest BCUT2D eigenvalue weighted by Gasteiger charge is 2.30. The second-order valence-electron chi connectivity index (χ2n) is 9.94. The second-order valence-corrected chi connectivity index (χ2v) is 13.2. The lowest BCUT2D eigenvalue weighted by atomic mass is 10.0. The van der Waals surface area contributed by atoms with E-state index in [1.54, 1.807) is 4.90 Å². The van der Waals surface area contributed by atoms with E-state index in [0.717, 1.165) is 28.3 Å². The second kappa shape index (κ2) is 12.7. The first-order chi connectivity index (χ1) is 18.5. The molecule has 2 aromatic carbocycles. The lowest BCUT2D eigenvalue weighted by Crippen LogP contribution is -2.55. The maximum absolute atomic E-state index is 13.4. The van der Waals surface area contributed by atoms with Crippen molar-refractivity contribution in [3.8, 4) is 0 Å². The highest BCUT2D eigenvalue weighted by Crippen LogP contribution is 2.26. The first-order valence-electron chi connectivity index (χ1n) is 12.8. The Morgan fingerprint density at radius 2 is 1.79 bits per heavy atom. The number of thiophene rings is 1. The summed E-state index contributed by atoms with van der Waals surface area (Å²) in [5.41, 5.74) is 0. The minimum atomic E-state index is -3.88. The first kappa shape index (κ1) is 29.4. The number of amides is 2. The van der Waals surface area contributed by atoms with Gasteiger partial charge in [-0.2, -0.15) is 0 Å². The average Bonchev–Trinajstić information content (AvgIpc) is 3.32. The number of nitrogens with zero attached hydrogens (tertiary/aromatic N) is 2. The number of sulfonamides is 1. The van der Waals surface area contributed by atoms with Gasteiger partial charge in [0, 0.05) is 44.0 Å². The minimum Gasteiger partial charge on any atom is -0.340 e. The maximum Gasteiger partial charge on any atom is 0.262 e. The van der Waals surface area contributed by atoms with Gasteiger partial charge in [0.15, 0.2) is 0 Å². The zero-order valence-corrected chi connectivity index (χ0v) is 24.2. The van der Waals surface area contributed by atoms with Gasteiger partial charge in [0.2, 0.25) is 15.9 Å². The van der Waals surface area contributed by atoms with Crippen LogP contribution in [0.5, 0.6) is 0 Å². The number of hydrogen-bond donors (Lipinski definition) is 2. The summed E-state index contributed by atoms with van der Waals surface area (Å²) >= 11 is 7.30. The summed E-state index contributed by atoms with van der Waals surface area (Å²) < 4.78 is 41.8. The Hall–Kier alpha value is -2.57. The van der Waals surface area contributed by atoms with Gasteiger partial charge in [-0.25, -0.2) is 17.5 Å². The molecule has 210 valence electrons. The molecule has 0 saturated carbocycles. The van der Waals surface area contributed by atoms with Crippen molar-refractivity contribution in [2.24, 2.45) is 5.92 Å². The molecule has 0 unspecified atom stereocenters. The molecule has 0 aliphatic carbocycles. The summed E-state index contributed by atoms with van der Waals surface area (Å²) in [6.45, 7) is 6.72. The van der Waals surface area contributed by atoms with Crippen molar-refractivity contribution < 1.29 is 22.4 Å². The van der Waals surface area contributed by atoms with Gasteiger partial charge < -0.3 is 10.2 Å². The van der Waals surface area contributed by atoms with Crippen LogP contribution < -0.4 is 10.0 Å². The van der Waals surface area contributed by atoms with Gasteiger partial charge in [0.05, 0.1) is 9.90 Å². The summed E-state index contributed by atoms with van der Waals surface area (Å²) in [7, 11) is -3.88. The fourth-order valence-corrected chi connectivity index (χ4v) is 7.05. The molecule has 0 bridgehead atoms. The summed E-state index contributed by atoms with van der Waals surface area (Å²) in [6.07, 6.45) is 0.531. The number of halogens is 2. The van der Waals surface area contributed by atoms with Gasteiger partial charge >= 0.3 is 0 Å². The Labute approximate surface area is 237 Å². The SMILES string of the molecule is CC(C)C[C@H](NC(=O)c1cc2ccccc2s1)C(=O)N1CCN(CCNS(=O)(=O)c2ccc(F)cc2Cl)CC1. The van der Waals surface area contributed by atoms with E-state index in [9.17, 15) is 22.4 Å². The van der Waals surface area contributed by atoms with E-state index in [1.807, 2.05) is 44.2 Å². The highest BCUT2D eigenvalue weighted by atomic mass is 35.5. The van der Waals surface area contributed by atoms with Crippen molar-refractivity contribution in [3.05, 3.63) is 64.2 Å². The van der Waals surface area contributed by atoms with Gasteiger partial charge in [0.1, 0.15) is 16.8 Å². The smallest absolute Gasteiger partial charge is 0.262 e. The Kier molecular flexibility index (Phi) is 9.60. The third-order valence-corrected chi connectivity index (χ3v) is 9.61. The molecule has 1 aliphatic rings. The van der Waals surface area contributed by atoms with Crippen LogP contribution in [0.2, 0.25) is 5.02 Å². The third-order valence-electron chi connectivity index (χ3n) is 6.55. The Balaban J connectivity index is 1.29. The van der Waals surface area contributed by atoms with Crippen LogP contribution in [-0.4, -0.2) is 75.3 Å². The number of carbonyl (C=O) groups is 2. The van der Waals surface area contributed by atoms with Crippen molar-refractivity contribution in [2.75, 3.05) is 39.3 Å². The van der Waals surface area contributed by atoms with Crippen LogP contribution >= 0.6 is 22.9 Å². The van der Waals surface area contributed by atoms with Crippen molar-refractivity contribution in [1.29, 1.82) is 0 Å². The predicted octanol–water partition coefficient (Wildman–Crippen LogP) is 3.96. The lowest BCUT2D eigenvalue weighted by molar-refractivity contribution is -0.135. The molecule has 2 amide bonds. The predicted molar refractivity (Wildman–Crippen MR) is 152 cm³/mol. The highest BCUT2D eigenvalue weighted by molar-refractivity contribution is 7.89. The number of fused-ring (bicyclic) bond motifs is 1.